The Morgan fingerprint density at radius 3 is 2.26 bits per heavy atom. The lowest BCUT2D eigenvalue weighted by atomic mass is 10.0. The fraction of sp³-hybridized carbons (Fsp3) is 0.0938. The molecule has 0 saturated heterocycles. The average molecular weight is 503 g/mol. The van der Waals surface area contributed by atoms with E-state index in [0.717, 1.165) is 27.1 Å². The Labute approximate surface area is 220 Å². The summed E-state index contributed by atoms with van der Waals surface area (Å²) >= 11 is 0. The van der Waals surface area contributed by atoms with E-state index in [1.165, 1.54) is 6.21 Å². The summed E-state index contributed by atoms with van der Waals surface area (Å²) < 4.78 is 11.7. The van der Waals surface area contributed by atoms with Crippen LogP contribution in [0.25, 0.3) is 21.5 Å². The van der Waals surface area contributed by atoms with Crippen molar-refractivity contribution < 1.29 is 19.1 Å². The van der Waals surface area contributed by atoms with Crippen molar-refractivity contribution in [1.29, 1.82) is 0 Å². The van der Waals surface area contributed by atoms with E-state index < -0.39 is 18.0 Å². The second-order valence-electron chi connectivity index (χ2n) is 8.93. The zero-order valence-corrected chi connectivity index (χ0v) is 21.0. The van der Waals surface area contributed by atoms with Crippen molar-refractivity contribution in [2.75, 3.05) is 0 Å². The van der Waals surface area contributed by atoms with E-state index in [1.807, 2.05) is 91.9 Å². The third-order valence-electron chi connectivity index (χ3n) is 6.18. The molecule has 1 amide bonds. The molecule has 0 fully saturated rings. The van der Waals surface area contributed by atoms with Gasteiger partial charge in [0.1, 0.15) is 11.5 Å². The van der Waals surface area contributed by atoms with Crippen molar-refractivity contribution in [2.45, 2.75) is 20.0 Å². The van der Waals surface area contributed by atoms with Gasteiger partial charge in [-0.1, -0.05) is 84.4 Å². The molecule has 0 aliphatic rings. The van der Waals surface area contributed by atoms with Crippen LogP contribution in [0.2, 0.25) is 0 Å². The Morgan fingerprint density at radius 2 is 1.47 bits per heavy atom. The molecule has 5 rings (SSSR count). The fourth-order valence-electron chi connectivity index (χ4n) is 4.22. The molecule has 0 heterocycles. The molecule has 1 unspecified atom stereocenters. The number of esters is 1. The first-order chi connectivity index (χ1) is 18.5. The summed E-state index contributed by atoms with van der Waals surface area (Å²) in [5.74, 6) is 0.0786. The number of hydrogen-bond acceptors (Lipinski definition) is 5. The van der Waals surface area contributed by atoms with Gasteiger partial charge in [0, 0.05) is 10.9 Å². The first kappa shape index (κ1) is 24.7. The molecule has 1 N–H and O–H groups in total. The number of hydrogen-bond donors (Lipinski definition) is 1. The van der Waals surface area contributed by atoms with Crippen LogP contribution >= 0.6 is 0 Å². The van der Waals surface area contributed by atoms with Crippen LogP contribution in [0.3, 0.4) is 0 Å². The van der Waals surface area contributed by atoms with Gasteiger partial charge in [-0.25, -0.2) is 10.2 Å². The van der Waals surface area contributed by atoms with Crippen LogP contribution in [-0.2, 0) is 4.79 Å². The second-order valence-corrected chi connectivity index (χ2v) is 8.93. The van der Waals surface area contributed by atoms with Gasteiger partial charge in [0.15, 0.2) is 6.10 Å². The van der Waals surface area contributed by atoms with Gasteiger partial charge in [-0.2, -0.15) is 5.10 Å². The van der Waals surface area contributed by atoms with Gasteiger partial charge in [-0.05, 0) is 54.3 Å². The number of benzene rings is 5. The first-order valence-corrected chi connectivity index (χ1v) is 12.3. The highest BCUT2D eigenvalue weighted by atomic mass is 16.5. The molecule has 0 aromatic heterocycles. The number of rotatable bonds is 7. The van der Waals surface area contributed by atoms with Crippen molar-refractivity contribution >= 4 is 39.6 Å². The lowest BCUT2D eigenvalue weighted by molar-refractivity contribution is -0.127. The second kappa shape index (κ2) is 11.0. The van der Waals surface area contributed by atoms with E-state index in [-0.39, 0.29) is 0 Å². The molecule has 0 saturated carbocycles. The summed E-state index contributed by atoms with van der Waals surface area (Å²) in [7, 11) is 0. The van der Waals surface area contributed by atoms with Gasteiger partial charge in [-0.3, -0.25) is 4.79 Å². The highest BCUT2D eigenvalue weighted by Gasteiger charge is 2.17. The maximum atomic E-state index is 12.8. The topological polar surface area (TPSA) is 77.0 Å². The van der Waals surface area contributed by atoms with Crippen molar-refractivity contribution in [3.8, 4) is 11.5 Å². The predicted molar refractivity (Wildman–Crippen MR) is 150 cm³/mol. The predicted octanol–water partition coefficient (Wildman–Crippen LogP) is 6.44. The molecule has 5 aromatic carbocycles. The van der Waals surface area contributed by atoms with Crippen LogP contribution in [-0.4, -0.2) is 24.2 Å². The van der Waals surface area contributed by atoms with Crippen molar-refractivity contribution in [3.05, 3.63) is 120 Å². The van der Waals surface area contributed by atoms with Gasteiger partial charge >= 0.3 is 5.97 Å². The van der Waals surface area contributed by atoms with Gasteiger partial charge in [0.05, 0.1) is 11.8 Å². The molecule has 5 aromatic rings. The number of ether oxygens (including phenoxy) is 2. The van der Waals surface area contributed by atoms with E-state index in [2.05, 4.69) is 10.5 Å². The number of carbonyl (C=O) groups excluding carboxylic acids is 2. The molecule has 0 bridgehead atoms. The Kier molecular flexibility index (Phi) is 7.13. The molecule has 0 spiro atoms. The number of carbonyl (C=O) groups is 2. The molecule has 0 aliphatic carbocycles. The highest BCUT2D eigenvalue weighted by Crippen LogP contribution is 2.28. The van der Waals surface area contributed by atoms with Gasteiger partial charge in [0.25, 0.3) is 5.91 Å². The summed E-state index contributed by atoms with van der Waals surface area (Å²) in [5, 5.41) is 7.91. The molecular weight excluding hydrogens is 476 g/mol. The third kappa shape index (κ3) is 5.39. The number of amides is 1. The Balaban J connectivity index is 1.35. The highest BCUT2D eigenvalue weighted by molar-refractivity contribution is 6.04. The number of nitrogens with zero attached hydrogens (tertiary/aromatic N) is 1. The molecule has 0 radical (unpaired) electrons. The Hall–Kier alpha value is -4.97. The van der Waals surface area contributed by atoms with Crippen LogP contribution in [0.5, 0.6) is 11.5 Å². The van der Waals surface area contributed by atoms with Crippen LogP contribution in [0.1, 0.15) is 28.4 Å². The Morgan fingerprint density at radius 1 is 0.789 bits per heavy atom. The zero-order valence-electron chi connectivity index (χ0n) is 21.0. The van der Waals surface area contributed by atoms with E-state index in [9.17, 15) is 9.59 Å². The smallest absolute Gasteiger partial charge is 0.343 e. The van der Waals surface area contributed by atoms with Crippen molar-refractivity contribution in [3.63, 3.8) is 0 Å². The van der Waals surface area contributed by atoms with Crippen LogP contribution in [0, 0.1) is 6.92 Å². The fourth-order valence-corrected chi connectivity index (χ4v) is 4.22. The largest absolute Gasteiger partial charge is 0.480 e. The first-order valence-electron chi connectivity index (χ1n) is 12.3. The minimum absolute atomic E-state index is 0.341. The van der Waals surface area contributed by atoms with Crippen LogP contribution < -0.4 is 14.9 Å². The van der Waals surface area contributed by atoms with E-state index in [1.54, 1.807) is 25.1 Å². The van der Waals surface area contributed by atoms with Crippen molar-refractivity contribution in [2.24, 2.45) is 5.10 Å². The molecule has 188 valence electrons. The molecule has 0 aliphatic heterocycles. The number of nitrogens with one attached hydrogen (secondary N) is 1. The maximum Gasteiger partial charge on any atom is 0.343 e. The number of hydrazone groups is 1. The Bertz CT molecular complexity index is 1670. The normalized spacial score (nSPS) is 11.9. The molecule has 1 atom stereocenters. The quantitative estimate of drug-likeness (QED) is 0.120. The molecule has 6 nitrogen and oxygen atoms in total. The summed E-state index contributed by atoms with van der Waals surface area (Å²) in [5.41, 5.74) is 4.54. The lowest BCUT2D eigenvalue weighted by Gasteiger charge is -2.15. The minimum Gasteiger partial charge on any atom is -0.480 e. The van der Waals surface area contributed by atoms with Crippen LogP contribution in [0.4, 0.5) is 0 Å². The van der Waals surface area contributed by atoms with Crippen molar-refractivity contribution in [1.82, 2.24) is 5.43 Å². The van der Waals surface area contributed by atoms with Gasteiger partial charge < -0.3 is 9.47 Å². The standard InChI is InChI=1S/C32H26N2O4/c1-21-9-7-13-25(19-21)32(36)38-30-18-17-24-11-3-5-14-26(24)28(30)20-33-34-31(35)22(2)37-29-16-8-12-23-10-4-6-15-27(23)29/h3-20,22H,1-2H3,(H,34,35)/b33-20+. The minimum atomic E-state index is -0.788. The molecular formula is C32H26N2O4. The molecule has 6 heteroatoms. The third-order valence-corrected chi connectivity index (χ3v) is 6.18. The van der Waals surface area contributed by atoms with E-state index in [4.69, 9.17) is 9.47 Å². The summed E-state index contributed by atoms with van der Waals surface area (Å²) in [4.78, 5) is 25.6. The number of fused-ring (bicyclic) bond motifs is 2. The van der Waals surface area contributed by atoms with Gasteiger partial charge in [-0.15, -0.1) is 0 Å². The summed E-state index contributed by atoms with van der Waals surface area (Å²) in [6, 6.07) is 32.0. The van der Waals surface area contributed by atoms with Gasteiger partial charge in [0.2, 0.25) is 0 Å². The SMILES string of the molecule is Cc1cccc(C(=O)Oc2ccc3ccccc3c2/C=N/NC(=O)C(C)Oc2cccc3ccccc23)c1. The molecule has 38 heavy (non-hydrogen) atoms. The maximum absolute atomic E-state index is 12.8. The zero-order chi connectivity index (χ0) is 26.5. The lowest BCUT2D eigenvalue weighted by Crippen LogP contribution is -2.33. The summed E-state index contributed by atoms with van der Waals surface area (Å²) in [6.45, 7) is 3.58. The van der Waals surface area contributed by atoms with Crippen LogP contribution in [0.15, 0.2) is 108 Å². The summed E-state index contributed by atoms with van der Waals surface area (Å²) in [6.07, 6.45) is 0.702. The number of aryl methyl sites for hydroxylation is 1. The monoisotopic (exact) mass is 502 g/mol. The van der Waals surface area contributed by atoms with E-state index >= 15 is 0 Å². The van der Waals surface area contributed by atoms with E-state index in [0.29, 0.717) is 22.6 Å². The average Bonchev–Trinajstić information content (AvgIpc) is 2.94.